The molecule has 1 heterocycles. The zero-order chi connectivity index (χ0) is 14.5. The molecule has 0 aromatic heterocycles. The molecule has 2 aliphatic rings. The minimum absolute atomic E-state index is 0.130. The van der Waals surface area contributed by atoms with Crippen molar-refractivity contribution in [3.63, 3.8) is 0 Å². The third-order valence-corrected chi connectivity index (χ3v) is 4.23. The molecule has 1 fully saturated rings. The van der Waals surface area contributed by atoms with Gasteiger partial charge in [0.2, 0.25) is 15.6 Å². The lowest BCUT2D eigenvalue weighted by atomic mass is 9.76. The number of nitrogens with zero attached hydrogens (tertiary/aromatic N) is 1. The van der Waals surface area contributed by atoms with Crippen LogP contribution >= 0.6 is 0 Å². The Balaban J connectivity index is 2.29. The Labute approximate surface area is 113 Å². The quantitative estimate of drug-likeness (QED) is 0.822. The average molecular weight is 288 g/mol. The largest absolute Gasteiger partial charge is 0.378 e. The second kappa shape index (κ2) is 4.19. The van der Waals surface area contributed by atoms with E-state index in [1.54, 1.807) is 0 Å². The van der Waals surface area contributed by atoms with Crippen LogP contribution in [0.2, 0.25) is 0 Å². The zero-order valence-corrected chi connectivity index (χ0v) is 12.5. The first kappa shape index (κ1) is 14.3. The highest BCUT2D eigenvalue weighted by molar-refractivity contribution is 7.89. The van der Waals surface area contributed by atoms with Crippen LogP contribution in [0.3, 0.4) is 0 Å². The number of nitrogens with one attached hydrogen (secondary N) is 1. The fourth-order valence-electron chi connectivity index (χ4n) is 2.86. The average Bonchev–Trinajstić information content (AvgIpc) is 2.68. The van der Waals surface area contributed by atoms with Gasteiger partial charge in [0, 0.05) is 5.41 Å². The van der Waals surface area contributed by atoms with Gasteiger partial charge in [0.05, 0.1) is 17.9 Å². The predicted molar refractivity (Wildman–Crippen MR) is 71.0 cm³/mol. The van der Waals surface area contributed by atoms with Crippen molar-refractivity contribution in [2.24, 2.45) is 16.5 Å². The number of hydrogen-bond acceptors (Lipinski definition) is 5. The molecule has 2 rings (SSSR count). The van der Waals surface area contributed by atoms with E-state index in [1.807, 2.05) is 25.5 Å². The normalized spacial score (nSPS) is 30.5. The first-order valence-electron chi connectivity index (χ1n) is 6.35. The van der Waals surface area contributed by atoms with Crippen LogP contribution in [-0.2, 0) is 19.7 Å². The molecule has 0 radical (unpaired) electrons. The van der Waals surface area contributed by atoms with Gasteiger partial charge in [-0.25, -0.2) is 13.1 Å². The van der Waals surface area contributed by atoms with Crippen molar-refractivity contribution in [3.8, 4) is 0 Å². The van der Waals surface area contributed by atoms with Crippen LogP contribution in [0.15, 0.2) is 5.16 Å². The standard InChI is InChI=1S/C12H20N2O4S/c1-11(2,3)9-8-6-5-7-12(8,18-13-9)10(15)14-19(4,16)17/h8H,5-7H2,1-4H3,(H,14,15). The molecule has 1 N–H and O–H groups in total. The number of hydrogen-bond donors (Lipinski definition) is 1. The lowest BCUT2D eigenvalue weighted by Gasteiger charge is -2.28. The van der Waals surface area contributed by atoms with Crippen LogP contribution in [0.1, 0.15) is 40.0 Å². The van der Waals surface area contributed by atoms with Gasteiger partial charge in [-0.2, -0.15) is 0 Å². The van der Waals surface area contributed by atoms with Crippen molar-refractivity contribution in [1.29, 1.82) is 0 Å². The summed E-state index contributed by atoms with van der Waals surface area (Å²) >= 11 is 0. The highest BCUT2D eigenvalue weighted by atomic mass is 32.2. The maximum Gasteiger partial charge on any atom is 0.281 e. The van der Waals surface area contributed by atoms with Crippen molar-refractivity contribution in [2.45, 2.75) is 45.6 Å². The molecule has 1 amide bonds. The van der Waals surface area contributed by atoms with Crippen molar-refractivity contribution in [1.82, 2.24) is 4.72 Å². The molecule has 108 valence electrons. The van der Waals surface area contributed by atoms with Crippen molar-refractivity contribution in [2.75, 3.05) is 6.26 Å². The Morgan fingerprint density at radius 1 is 1.47 bits per heavy atom. The molecule has 0 aromatic carbocycles. The van der Waals surface area contributed by atoms with Gasteiger partial charge < -0.3 is 4.84 Å². The molecule has 1 saturated carbocycles. The molecule has 6 nitrogen and oxygen atoms in total. The molecular formula is C12H20N2O4S. The summed E-state index contributed by atoms with van der Waals surface area (Å²) in [6, 6.07) is 0. The summed E-state index contributed by atoms with van der Waals surface area (Å²) in [6.07, 6.45) is 3.10. The number of fused-ring (bicyclic) bond motifs is 1. The van der Waals surface area contributed by atoms with Gasteiger partial charge >= 0.3 is 0 Å². The minimum Gasteiger partial charge on any atom is -0.378 e. The Bertz CT molecular complexity index is 532. The second-order valence-corrected chi connectivity index (χ2v) is 8.10. The number of amides is 1. The van der Waals surface area contributed by atoms with E-state index in [4.69, 9.17) is 4.84 Å². The second-order valence-electron chi connectivity index (χ2n) is 6.36. The van der Waals surface area contributed by atoms with Crippen LogP contribution in [0.4, 0.5) is 0 Å². The van der Waals surface area contributed by atoms with E-state index in [9.17, 15) is 13.2 Å². The van der Waals surface area contributed by atoms with Crippen molar-refractivity contribution >= 4 is 21.6 Å². The summed E-state index contributed by atoms with van der Waals surface area (Å²) in [5.74, 6) is -0.727. The summed E-state index contributed by atoms with van der Waals surface area (Å²) in [5.41, 5.74) is -0.484. The summed E-state index contributed by atoms with van der Waals surface area (Å²) in [4.78, 5) is 17.7. The van der Waals surface area contributed by atoms with Crippen LogP contribution in [0, 0.1) is 11.3 Å². The lowest BCUT2D eigenvalue weighted by Crippen LogP contribution is -2.52. The molecule has 0 saturated heterocycles. The van der Waals surface area contributed by atoms with Gasteiger partial charge in [0.1, 0.15) is 0 Å². The first-order valence-corrected chi connectivity index (χ1v) is 8.24. The molecule has 1 aliphatic carbocycles. The fraction of sp³-hybridized carbons (Fsp3) is 0.833. The van der Waals surface area contributed by atoms with E-state index in [1.165, 1.54) is 0 Å². The lowest BCUT2D eigenvalue weighted by molar-refractivity contribution is -0.144. The molecule has 0 spiro atoms. The van der Waals surface area contributed by atoms with E-state index in [2.05, 4.69) is 5.16 Å². The fourth-order valence-corrected chi connectivity index (χ4v) is 3.37. The first-order chi connectivity index (χ1) is 8.56. The Morgan fingerprint density at radius 2 is 2.11 bits per heavy atom. The van der Waals surface area contributed by atoms with Crippen LogP contribution in [0.5, 0.6) is 0 Å². The Morgan fingerprint density at radius 3 is 2.63 bits per heavy atom. The Kier molecular flexibility index (Phi) is 3.16. The maximum atomic E-state index is 12.2. The van der Waals surface area contributed by atoms with E-state index >= 15 is 0 Å². The summed E-state index contributed by atoms with van der Waals surface area (Å²) in [7, 11) is -3.59. The van der Waals surface area contributed by atoms with Crippen LogP contribution < -0.4 is 4.72 Å². The number of oxime groups is 1. The SMILES string of the molecule is CC(C)(C)C1=NOC2(C(=O)NS(C)(=O)=O)CCCC12. The smallest absolute Gasteiger partial charge is 0.281 e. The van der Waals surface area contributed by atoms with Gasteiger partial charge in [0.25, 0.3) is 5.91 Å². The van der Waals surface area contributed by atoms with E-state index in [-0.39, 0.29) is 11.3 Å². The van der Waals surface area contributed by atoms with Gasteiger partial charge in [-0.1, -0.05) is 25.9 Å². The van der Waals surface area contributed by atoms with Crippen LogP contribution in [0.25, 0.3) is 0 Å². The molecule has 19 heavy (non-hydrogen) atoms. The monoisotopic (exact) mass is 288 g/mol. The molecular weight excluding hydrogens is 268 g/mol. The zero-order valence-electron chi connectivity index (χ0n) is 11.7. The van der Waals surface area contributed by atoms with Gasteiger partial charge in [-0.05, 0) is 19.3 Å². The van der Waals surface area contributed by atoms with E-state index < -0.39 is 21.5 Å². The van der Waals surface area contributed by atoms with Gasteiger partial charge in [-0.3, -0.25) is 4.79 Å². The molecule has 1 aliphatic heterocycles. The molecule has 2 atom stereocenters. The molecule has 2 unspecified atom stereocenters. The predicted octanol–water partition coefficient (Wildman–Crippen LogP) is 1.03. The third-order valence-electron chi connectivity index (χ3n) is 3.67. The molecule has 0 aromatic rings. The summed E-state index contributed by atoms with van der Waals surface area (Å²) in [6.45, 7) is 6.04. The number of carbonyl (C=O) groups is 1. The highest BCUT2D eigenvalue weighted by Crippen LogP contribution is 2.47. The van der Waals surface area contributed by atoms with Gasteiger partial charge in [0.15, 0.2) is 0 Å². The third kappa shape index (κ3) is 2.48. The van der Waals surface area contributed by atoms with Crippen molar-refractivity contribution < 1.29 is 18.0 Å². The number of sulfonamides is 1. The number of rotatable bonds is 2. The maximum absolute atomic E-state index is 12.2. The van der Waals surface area contributed by atoms with Crippen molar-refractivity contribution in [3.05, 3.63) is 0 Å². The molecule has 7 heteroatoms. The van der Waals surface area contributed by atoms with E-state index in [0.29, 0.717) is 6.42 Å². The molecule has 0 bridgehead atoms. The summed E-state index contributed by atoms with van der Waals surface area (Å²) < 4.78 is 24.5. The van der Waals surface area contributed by atoms with Crippen LogP contribution in [-0.4, -0.2) is 31.9 Å². The number of carbonyl (C=O) groups excluding carboxylic acids is 1. The van der Waals surface area contributed by atoms with E-state index in [0.717, 1.165) is 24.8 Å². The highest BCUT2D eigenvalue weighted by Gasteiger charge is 2.59. The topological polar surface area (TPSA) is 84.8 Å². The summed E-state index contributed by atoms with van der Waals surface area (Å²) in [5, 5.41) is 4.08. The minimum atomic E-state index is -3.59. The van der Waals surface area contributed by atoms with Gasteiger partial charge in [-0.15, -0.1) is 0 Å². The Hall–Kier alpha value is -1.11.